The Morgan fingerprint density at radius 1 is 1.03 bits per heavy atom. The van der Waals surface area contributed by atoms with E-state index in [0.29, 0.717) is 25.1 Å². The van der Waals surface area contributed by atoms with Crippen molar-refractivity contribution in [2.24, 2.45) is 0 Å². The fourth-order valence-electron chi connectivity index (χ4n) is 4.15. The highest BCUT2D eigenvalue weighted by atomic mass is 16.5. The maximum atomic E-state index is 12.8. The standard InChI is InChI=1S/C24H29N3O3/c1-2-23(28)27-10-9-18-15-19(7-8-22(18)27)24(29)25-16-20-5-3-4-6-21(20)17-26-11-13-30-14-12-26/h3-8,15H,2,9-14,16-17H2,1H3,(H,25,29). The average Bonchev–Trinajstić information content (AvgIpc) is 3.22. The number of hydrogen-bond acceptors (Lipinski definition) is 4. The van der Waals surface area contributed by atoms with Gasteiger partial charge >= 0.3 is 0 Å². The summed E-state index contributed by atoms with van der Waals surface area (Å²) in [5.41, 5.74) is 5.03. The predicted molar refractivity (Wildman–Crippen MR) is 116 cm³/mol. The van der Waals surface area contributed by atoms with Crippen LogP contribution in [0.25, 0.3) is 0 Å². The van der Waals surface area contributed by atoms with Gasteiger partial charge in [0.2, 0.25) is 5.91 Å². The lowest BCUT2D eigenvalue weighted by atomic mass is 10.1. The van der Waals surface area contributed by atoms with Gasteiger partial charge in [0.05, 0.1) is 13.2 Å². The Morgan fingerprint density at radius 3 is 2.57 bits per heavy atom. The van der Waals surface area contributed by atoms with Crippen LogP contribution >= 0.6 is 0 Å². The van der Waals surface area contributed by atoms with E-state index in [1.165, 1.54) is 5.56 Å². The summed E-state index contributed by atoms with van der Waals surface area (Å²) >= 11 is 0. The molecule has 0 atom stereocenters. The number of amides is 2. The van der Waals surface area contributed by atoms with Gasteiger partial charge in [0.1, 0.15) is 0 Å². The molecule has 2 aliphatic heterocycles. The van der Waals surface area contributed by atoms with Crippen molar-refractivity contribution in [2.75, 3.05) is 37.7 Å². The molecule has 4 rings (SSSR count). The third-order valence-corrected chi connectivity index (χ3v) is 5.90. The van der Waals surface area contributed by atoms with Gasteiger partial charge in [0, 0.05) is 50.4 Å². The van der Waals surface area contributed by atoms with Crippen molar-refractivity contribution in [3.63, 3.8) is 0 Å². The SMILES string of the molecule is CCC(=O)N1CCc2cc(C(=O)NCc3ccccc3CN3CCOCC3)ccc21. The highest BCUT2D eigenvalue weighted by Gasteiger charge is 2.24. The van der Waals surface area contributed by atoms with Crippen molar-refractivity contribution in [3.05, 3.63) is 64.7 Å². The Morgan fingerprint density at radius 2 is 1.80 bits per heavy atom. The van der Waals surface area contributed by atoms with Crippen LogP contribution in [0.4, 0.5) is 5.69 Å². The minimum absolute atomic E-state index is 0.0840. The summed E-state index contributed by atoms with van der Waals surface area (Å²) in [6, 6.07) is 13.9. The molecule has 30 heavy (non-hydrogen) atoms. The lowest BCUT2D eigenvalue weighted by Gasteiger charge is -2.27. The molecule has 1 N–H and O–H groups in total. The summed E-state index contributed by atoms with van der Waals surface area (Å²) < 4.78 is 5.43. The fourth-order valence-corrected chi connectivity index (χ4v) is 4.15. The van der Waals surface area contributed by atoms with E-state index in [9.17, 15) is 9.59 Å². The molecule has 0 unspecified atom stereocenters. The molecule has 6 heteroatoms. The second kappa shape index (κ2) is 9.41. The van der Waals surface area contributed by atoms with Crippen LogP contribution in [0.15, 0.2) is 42.5 Å². The van der Waals surface area contributed by atoms with Crippen LogP contribution in [0, 0.1) is 0 Å². The maximum absolute atomic E-state index is 12.8. The number of hydrogen-bond donors (Lipinski definition) is 1. The molecule has 2 aliphatic rings. The summed E-state index contributed by atoms with van der Waals surface area (Å²) in [5, 5.41) is 3.07. The smallest absolute Gasteiger partial charge is 0.251 e. The molecule has 6 nitrogen and oxygen atoms in total. The zero-order valence-corrected chi connectivity index (χ0v) is 17.5. The van der Waals surface area contributed by atoms with Gasteiger partial charge < -0.3 is 15.0 Å². The van der Waals surface area contributed by atoms with Gasteiger partial charge in [-0.15, -0.1) is 0 Å². The number of carbonyl (C=O) groups is 2. The van der Waals surface area contributed by atoms with Crippen molar-refractivity contribution in [1.29, 1.82) is 0 Å². The number of fused-ring (bicyclic) bond motifs is 1. The number of anilines is 1. The van der Waals surface area contributed by atoms with Gasteiger partial charge in [0.15, 0.2) is 0 Å². The second-order valence-electron chi connectivity index (χ2n) is 7.83. The normalized spacial score (nSPS) is 16.4. The molecule has 158 valence electrons. The molecule has 0 aliphatic carbocycles. The Hall–Kier alpha value is -2.70. The molecule has 0 spiro atoms. The van der Waals surface area contributed by atoms with Crippen molar-refractivity contribution in [3.8, 4) is 0 Å². The third kappa shape index (κ3) is 4.55. The van der Waals surface area contributed by atoms with Crippen LogP contribution in [-0.4, -0.2) is 49.6 Å². The Labute approximate surface area is 177 Å². The molecule has 2 aromatic carbocycles. The van der Waals surface area contributed by atoms with E-state index in [0.717, 1.165) is 56.1 Å². The summed E-state index contributed by atoms with van der Waals surface area (Å²) in [5.74, 6) is 0.0436. The number of morpholine rings is 1. The maximum Gasteiger partial charge on any atom is 0.251 e. The van der Waals surface area contributed by atoms with E-state index >= 15 is 0 Å². The minimum atomic E-state index is -0.0840. The van der Waals surface area contributed by atoms with Crippen LogP contribution in [0.1, 0.15) is 40.4 Å². The Bertz CT molecular complexity index is 922. The van der Waals surface area contributed by atoms with Gasteiger partial charge in [-0.1, -0.05) is 31.2 Å². The minimum Gasteiger partial charge on any atom is -0.379 e. The van der Waals surface area contributed by atoms with Gasteiger partial charge in [-0.25, -0.2) is 0 Å². The van der Waals surface area contributed by atoms with Crippen LogP contribution in [0.5, 0.6) is 0 Å². The van der Waals surface area contributed by atoms with E-state index in [2.05, 4.69) is 22.3 Å². The number of nitrogens with zero attached hydrogens (tertiary/aromatic N) is 2. The van der Waals surface area contributed by atoms with Crippen molar-refractivity contribution < 1.29 is 14.3 Å². The van der Waals surface area contributed by atoms with E-state index < -0.39 is 0 Å². The number of ether oxygens (including phenoxy) is 1. The number of benzene rings is 2. The zero-order chi connectivity index (χ0) is 20.9. The van der Waals surface area contributed by atoms with Gasteiger partial charge in [-0.2, -0.15) is 0 Å². The van der Waals surface area contributed by atoms with Crippen molar-refractivity contribution in [1.82, 2.24) is 10.2 Å². The fraction of sp³-hybridized carbons (Fsp3) is 0.417. The molecule has 1 saturated heterocycles. The predicted octanol–water partition coefficient (Wildman–Crippen LogP) is 2.75. The van der Waals surface area contributed by atoms with Crippen molar-refractivity contribution in [2.45, 2.75) is 32.9 Å². The number of nitrogens with one attached hydrogen (secondary N) is 1. The Kier molecular flexibility index (Phi) is 6.45. The van der Waals surface area contributed by atoms with Crippen LogP contribution in [0.3, 0.4) is 0 Å². The number of carbonyl (C=O) groups excluding carboxylic acids is 2. The first-order valence-electron chi connectivity index (χ1n) is 10.7. The third-order valence-electron chi connectivity index (χ3n) is 5.90. The molecular weight excluding hydrogens is 378 g/mol. The summed E-state index contributed by atoms with van der Waals surface area (Å²) in [4.78, 5) is 29.0. The molecule has 0 radical (unpaired) electrons. The largest absolute Gasteiger partial charge is 0.379 e. The Balaban J connectivity index is 1.40. The van der Waals surface area contributed by atoms with Gasteiger partial charge in [-0.05, 0) is 41.3 Å². The van der Waals surface area contributed by atoms with Crippen LogP contribution < -0.4 is 10.2 Å². The molecule has 0 aromatic heterocycles. The van der Waals surface area contributed by atoms with Crippen LogP contribution in [0.2, 0.25) is 0 Å². The van der Waals surface area contributed by atoms with E-state index in [1.807, 2.05) is 42.2 Å². The summed E-state index contributed by atoms with van der Waals surface area (Å²) in [6.07, 6.45) is 1.29. The molecule has 2 aromatic rings. The van der Waals surface area contributed by atoms with E-state index in [1.54, 1.807) is 0 Å². The second-order valence-corrected chi connectivity index (χ2v) is 7.83. The summed E-state index contributed by atoms with van der Waals surface area (Å²) in [6.45, 7) is 7.37. The van der Waals surface area contributed by atoms with E-state index in [-0.39, 0.29) is 11.8 Å². The monoisotopic (exact) mass is 407 g/mol. The topological polar surface area (TPSA) is 61.9 Å². The molecule has 2 heterocycles. The lowest BCUT2D eigenvalue weighted by Crippen LogP contribution is -2.36. The van der Waals surface area contributed by atoms with E-state index in [4.69, 9.17) is 4.74 Å². The highest BCUT2D eigenvalue weighted by Crippen LogP contribution is 2.29. The first-order chi connectivity index (χ1) is 14.7. The molecular formula is C24H29N3O3. The molecule has 0 saturated carbocycles. The highest BCUT2D eigenvalue weighted by molar-refractivity contribution is 5.98. The first kappa shape index (κ1) is 20.6. The zero-order valence-electron chi connectivity index (χ0n) is 17.5. The molecule has 1 fully saturated rings. The molecule has 0 bridgehead atoms. The first-order valence-corrected chi connectivity index (χ1v) is 10.7. The summed E-state index contributed by atoms with van der Waals surface area (Å²) in [7, 11) is 0. The molecule has 2 amide bonds. The quantitative estimate of drug-likeness (QED) is 0.800. The van der Waals surface area contributed by atoms with Gasteiger partial charge in [0.25, 0.3) is 5.91 Å². The van der Waals surface area contributed by atoms with Crippen molar-refractivity contribution >= 4 is 17.5 Å². The number of rotatable bonds is 6. The van der Waals surface area contributed by atoms with Crippen LogP contribution in [-0.2, 0) is 29.0 Å². The van der Waals surface area contributed by atoms with Gasteiger partial charge in [-0.3, -0.25) is 14.5 Å². The average molecular weight is 408 g/mol. The lowest BCUT2D eigenvalue weighted by molar-refractivity contribution is -0.118.